The smallest absolute Gasteiger partial charge is 0.290 e. The van der Waals surface area contributed by atoms with Gasteiger partial charge in [-0.25, -0.2) is 8.42 Å². The van der Waals surface area contributed by atoms with Crippen LogP contribution in [0.15, 0.2) is 83.5 Å². The average Bonchev–Trinajstić information content (AvgIpc) is 3.50. The van der Waals surface area contributed by atoms with Crippen molar-refractivity contribution in [3.8, 4) is 23.0 Å². The van der Waals surface area contributed by atoms with Gasteiger partial charge in [0.1, 0.15) is 11.5 Å². The number of hydrogen-bond donors (Lipinski definition) is 3. The second-order valence-corrected chi connectivity index (χ2v) is 11.6. The Morgan fingerprint density at radius 1 is 1.05 bits per heavy atom. The van der Waals surface area contributed by atoms with Gasteiger partial charge in [0, 0.05) is 25.4 Å². The first kappa shape index (κ1) is 30.2. The number of para-hydroxylation sites is 2. The zero-order chi connectivity index (χ0) is 30.4. The number of sulfonamides is 1. The van der Waals surface area contributed by atoms with Gasteiger partial charge in [-0.1, -0.05) is 18.2 Å². The summed E-state index contributed by atoms with van der Waals surface area (Å²) in [5.74, 6) is 0.664. The van der Waals surface area contributed by atoms with Crippen molar-refractivity contribution in [1.29, 1.82) is 0 Å². The molecule has 228 valence electrons. The van der Waals surface area contributed by atoms with E-state index < -0.39 is 22.2 Å². The quantitative estimate of drug-likeness (QED) is 0.260. The van der Waals surface area contributed by atoms with Gasteiger partial charge in [-0.15, -0.1) is 0 Å². The Bertz CT molecular complexity index is 1580. The minimum Gasteiger partial charge on any atom is -0.506 e. The van der Waals surface area contributed by atoms with Crippen LogP contribution < -0.4 is 19.5 Å². The van der Waals surface area contributed by atoms with Crippen LogP contribution >= 0.6 is 0 Å². The number of aliphatic hydroxyl groups excluding tert-OH is 1. The number of rotatable bonds is 12. The van der Waals surface area contributed by atoms with E-state index >= 15 is 0 Å². The van der Waals surface area contributed by atoms with Gasteiger partial charge in [0.25, 0.3) is 5.91 Å². The highest BCUT2D eigenvalue weighted by molar-refractivity contribution is 7.89. The molecule has 0 fully saturated rings. The molecule has 2 atom stereocenters. The summed E-state index contributed by atoms with van der Waals surface area (Å²) in [7, 11) is -2.46. The molecule has 2 heterocycles. The lowest BCUT2D eigenvalue weighted by molar-refractivity contribution is -0.143. The minimum atomic E-state index is -3.94. The summed E-state index contributed by atoms with van der Waals surface area (Å²) in [5.41, 5.74) is 1.04. The van der Waals surface area contributed by atoms with Crippen molar-refractivity contribution in [2.75, 3.05) is 45.5 Å². The Balaban J connectivity index is 1.31. The lowest BCUT2D eigenvalue weighted by atomic mass is 9.92. The van der Waals surface area contributed by atoms with E-state index in [1.807, 2.05) is 12.1 Å². The number of amides is 1. The standard InChI is InChI=1S/C30H32N2O10S/c1-38-22-7-9-23(10-8-22)43(36,37)32(12-14-33)13-15-39-29-18-21(20-6-11-26-27(16-20)41-19-40-26)17-28(42-29)30(35)31-24-4-2-3-5-25(24)34/h2-11,16-17,21,29,33-34H,12-15,18-19H2,1H3,(H,31,35). The zero-order valence-corrected chi connectivity index (χ0v) is 24.2. The summed E-state index contributed by atoms with van der Waals surface area (Å²) in [6.07, 6.45) is 1.07. The summed E-state index contributed by atoms with van der Waals surface area (Å²) >= 11 is 0. The molecule has 3 N–H and O–H groups in total. The molecule has 12 nitrogen and oxygen atoms in total. The highest BCUT2D eigenvalue weighted by Gasteiger charge is 2.31. The lowest BCUT2D eigenvalue weighted by Gasteiger charge is -2.30. The number of carbonyl (C=O) groups excluding carboxylic acids is 1. The van der Waals surface area contributed by atoms with Gasteiger partial charge < -0.3 is 39.2 Å². The van der Waals surface area contributed by atoms with Gasteiger partial charge in [-0.05, 0) is 60.2 Å². The Hall–Kier alpha value is -4.30. The van der Waals surface area contributed by atoms with Crippen molar-refractivity contribution in [2.24, 2.45) is 0 Å². The van der Waals surface area contributed by atoms with E-state index in [0.29, 0.717) is 23.7 Å². The van der Waals surface area contributed by atoms with Crippen molar-refractivity contribution in [1.82, 2.24) is 4.31 Å². The lowest BCUT2D eigenvalue weighted by Crippen LogP contribution is -2.37. The number of phenols is 1. The van der Waals surface area contributed by atoms with Crippen molar-refractivity contribution in [2.45, 2.75) is 23.5 Å². The predicted octanol–water partition coefficient (Wildman–Crippen LogP) is 3.18. The molecule has 0 aromatic heterocycles. The number of allylic oxidation sites excluding steroid dienone is 1. The fourth-order valence-electron chi connectivity index (χ4n) is 4.70. The van der Waals surface area contributed by atoms with E-state index in [1.165, 1.54) is 25.3 Å². The molecule has 1 amide bonds. The topological polar surface area (TPSA) is 153 Å². The van der Waals surface area contributed by atoms with Crippen LogP contribution in [-0.4, -0.2) is 75.3 Å². The van der Waals surface area contributed by atoms with Gasteiger partial charge in [0.05, 0.1) is 30.9 Å². The van der Waals surface area contributed by atoms with E-state index in [1.54, 1.807) is 42.5 Å². The normalized spacial score (nSPS) is 17.7. The Labute approximate surface area is 249 Å². The molecule has 0 saturated carbocycles. The molecule has 2 unspecified atom stereocenters. The molecule has 5 rings (SSSR count). The van der Waals surface area contributed by atoms with E-state index in [-0.39, 0.29) is 61.1 Å². The van der Waals surface area contributed by atoms with Crippen LogP contribution in [0.3, 0.4) is 0 Å². The Kier molecular flexibility index (Phi) is 9.36. The molecule has 0 bridgehead atoms. The number of benzene rings is 3. The SMILES string of the molecule is COc1ccc(S(=O)(=O)N(CCO)CCOC2CC(c3ccc4c(c3)OCO4)C=C(C(=O)Nc3ccccc3O)O2)cc1. The van der Waals surface area contributed by atoms with Crippen LogP contribution in [0.5, 0.6) is 23.0 Å². The molecule has 2 aliphatic heterocycles. The molecule has 43 heavy (non-hydrogen) atoms. The third kappa shape index (κ3) is 7.03. The maximum absolute atomic E-state index is 13.3. The highest BCUT2D eigenvalue weighted by atomic mass is 32.2. The number of carbonyl (C=O) groups is 1. The van der Waals surface area contributed by atoms with Crippen molar-refractivity contribution in [3.05, 3.63) is 84.1 Å². The Morgan fingerprint density at radius 2 is 1.81 bits per heavy atom. The van der Waals surface area contributed by atoms with E-state index in [2.05, 4.69) is 5.32 Å². The number of methoxy groups -OCH3 is 1. The molecule has 0 aliphatic carbocycles. The van der Waals surface area contributed by atoms with Gasteiger partial charge >= 0.3 is 0 Å². The maximum Gasteiger partial charge on any atom is 0.290 e. The monoisotopic (exact) mass is 612 g/mol. The third-order valence-corrected chi connectivity index (χ3v) is 8.86. The van der Waals surface area contributed by atoms with Crippen molar-refractivity contribution < 1.29 is 47.1 Å². The summed E-state index contributed by atoms with van der Waals surface area (Å²) in [5, 5.41) is 22.3. The number of aromatic hydroxyl groups is 1. The molecule has 0 spiro atoms. The number of nitrogens with one attached hydrogen (secondary N) is 1. The number of phenolic OH excluding ortho intramolecular Hbond substituents is 1. The number of ether oxygens (including phenoxy) is 5. The summed E-state index contributed by atoms with van der Waals surface area (Å²) in [4.78, 5) is 13.2. The second kappa shape index (κ2) is 13.3. The fraction of sp³-hybridized carbons (Fsp3) is 0.300. The van der Waals surface area contributed by atoms with Gasteiger partial charge in [-0.3, -0.25) is 4.79 Å². The average molecular weight is 613 g/mol. The summed E-state index contributed by atoms with van der Waals surface area (Å²) < 4.78 is 55.5. The van der Waals surface area contributed by atoms with Crippen LogP contribution in [0.25, 0.3) is 0 Å². The molecule has 3 aromatic carbocycles. The third-order valence-electron chi connectivity index (χ3n) is 6.95. The fourth-order valence-corrected chi connectivity index (χ4v) is 6.12. The first-order chi connectivity index (χ1) is 20.8. The van der Waals surface area contributed by atoms with E-state index in [4.69, 9.17) is 23.7 Å². The summed E-state index contributed by atoms with van der Waals surface area (Å²) in [6, 6.07) is 17.7. The van der Waals surface area contributed by atoms with Gasteiger partial charge in [-0.2, -0.15) is 4.31 Å². The second-order valence-electron chi connectivity index (χ2n) is 9.68. The van der Waals surface area contributed by atoms with Crippen molar-refractivity contribution in [3.63, 3.8) is 0 Å². The number of anilines is 1. The first-order valence-electron chi connectivity index (χ1n) is 13.5. The minimum absolute atomic E-state index is 0.0276. The van der Waals surface area contributed by atoms with Crippen LogP contribution in [0.2, 0.25) is 0 Å². The number of nitrogens with zero attached hydrogens (tertiary/aromatic N) is 1. The summed E-state index contributed by atoms with van der Waals surface area (Å²) in [6.45, 7) is -0.570. The predicted molar refractivity (Wildman–Crippen MR) is 154 cm³/mol. The van der Waals surface area contributed by atoms with E-state index in [9.17, 15) is 23.4 Å². The zero-order valence-electron chi connectivity index (χ0n) is 23.3. The molecular formula is C30H32N2O10S. The molecule has 2 aliphatic rings. The van der Waals surface area contributed by atoms with Crippen LogP contribution in [0.4, 0.5) is 5.69 Å². The van der Waals surface area contributed by atoms with Crippen LogP contribution in [0, 0.1) is 0 Å². The largest absolute Gasteiger partial charge is 0.506 e. The molecule has 13 heteroatoms. The van der Waals surface area contributed by atoms with Gasteiger partial charge in [0.2, 0.25) is 23.1 Å². The molecular weight excluding hydrogens is 580 g/mol. The van der Waals surface area contributed by atoms with Crippen LogP contribution in [-0.2, 0) is 24.3 Å². The first-order valence-corrected chi connectivity index (χ1v) is 15.0. The maximum atomic E-state index is 13.3. The number of fused-ring (bicyclic) bond motifs is 1. The highest BCUT2D eigenvalue weighted by Crippen LogP contribution is 2.38. The van der Waals surface area contributed by atoms with E-state index in [0.717, 1.165) is 9.87 Å². The molecule has 0 radical (unpaired) electrons. The van der Waals surface area contributed by atoms with Crippen LogP contribution in [0.1, 0.15) is 17.9 Å². The molecule has 0 saturated heterocycles. The Morgan fingerprint density at radius 3 is 2.56 bits per heavy atom. The van der Waals surface area contributed by atoms with Crippen molar-refractivity contribution >= 4 is 21.6 Å². The number of aliphatic hydroxyl groups is 1. The van der Waals surface area contributed by atoms with Gasteiger partial charge in [0.15, 0.2) is 17.3 Å². The number of hydrogen-bond acceptors (Lipinski definition) is 10. The molecule has 3 aromatic rings.